The molecule has 2 aromatic carbocycles. The van der Waals surface area contributed by atoms with Gasteiger partial charge in [-0.3, -0.25) is 0 Å². The maximum Gasteiger partial charge on any atom is 0.355 e. The molecule has 0 unspecified atom stereocenters. The minimum atomic E-state index is -0.433. The van der Waals surface area contributed by atoms with E-state index in [0.717, 1.165) is 22.4 Å². The number of ether oxygens (including phenoxy) is 1. The summed E-state index contributed by atoms with van der Waals surface area (Å²) in [7, 11) is 1.79. The SMILES string of the molecule is CCOC(=O)c1c(-c2ccc(-c3ccc(C#N)cc3)cc2)c(C#N)c(CC)n1C. The van der Waals surface area contributed by atoms with Gasteiger partial charge in [0.2, 0.25) is 0 Å². The molecule has 0 bridgehead atoms. The second kappa shape index (κ2) is 8.46. The number of carbonyl (C=O) groups is 1. The van der Waals surface area contributed by atoms with Gasteiger partial charge in [0.05, 0.1) is 23.8 Å². The van der Waals surface area contributed by atoms with Gasteiger partial charge in [-0.25, -0.2) is 4.79 Å². The maximum absolute atomic E-state index is 12.6. The zero-order chi connectivity index (χ0) is 21.0. The van der Waals surface area contributed by atoms with Crippen LogP contribution in [0, 0.1) is 22.7 Å². The first-order valence-electron chi connectivity index (χ1n) is 9.45. The first-order valence-corrected chi connectivity index (χ1v) is 9.45. The summed E-state index contributed by atoms with van der Waals surface area (Å²) in [5, 5.41) is 18.7. The Morgan fingerprint density at radius 3 is 1.97 bits per heavy atom. The minimum Gasteiger partial charge on any atom is -0.461 e. The number of aromatic nitrogens is 1. The smallest absolute Gasteiger partial charge is 0.355 e. The molecule has 0 amide bonds. The van der Waals surface area contributed by atoms with E-state index in [1.54, 1.807) is 30.7 Å². The van der Waals surface area contributed by atoms with Crippen molar-refractivity contribution in [1.82, 2.24) is 4.57 Å². The molecule has 1 heterocycles. The third kappa shape index (κ3) is 3.63. The number of hydrogen-bond donors (Lipinski definition) is 0. The molecule has 5 nitrogen and oxygen atoms in total. The van der Waals surface area contributed by atoms with E-state index >= 15 is 0 Å². The van der Waals surface area contributed by atoms with Crippen LogP contribution in [0.25, 0.3) is 22.3 Å². The molecule has 0 spiro atoms. The Balaban J connectivity index is 2.11. The molecular weight excluding hydrogens is 362 g/mol. The second-order valence-electron chi connectivity index (χ2n) is 6.56. The van der Waals surface area contributed by atoms with E-state index in [2.05, 4.69) is 12.1 Å². The first-order chi connectivity index (χ1) is 14.0. The summed E-state index contributed by atoms with van der Waals surface area (Å²) in [6, 6.07) is 19.5. The Morgan fingerprint density at radius 2 is 1.48 bits per heavy atom. The molecule has 0 radical (unpaired) electrons. The van der Waals surface area contributed by atoms with Crippen LogP contribution in [0.3, 0.4) is 0 Å². The van der Waals surface area contributed by atoms with E-state index in [1.807, 2.05) is 43.3 Å². The summed E-state index contributed by atoms with van der Waals surface area (Å²) in [6.45, 7) is 3.99. The highest BCUT2D eigenvalue weighted by atomic mass is 16.5. The first kappa shape index (κ1) is 19.9. The van der Waals surface area contributed by atoms with Crippen molar-refractivity contribution in [2.24, 2.45) is 7.05 Å². The van der Waals surface area contributed by atoms with Crippen molar-refractivity contribution in [3.8, 4) is 34.4 Å². The van der Waals surface area contributed by atoms with Crippen molar-refractivity contribution >= 4 is 5.97 Å². The van der Waals surface area contributed by atoms with Crippen LogP contribution in [0.5, 0.6) is 0 Å². The zero-order valence-corrected chi connectivity index (χ0v) is 16.7. The van der Waals surface area contributed by atoms with Crippen molar-refractivity contribution in [2.75, 3.05) is 6.61 Å². The summed E-state index contributed by atoms with van der Waals surface area (Å²) in [4.78, 5) is 12.6. The largest absolute Gasteiger partial charge is 0.461 e. The van der Waals surface area contributed by atoms with Gasteiger partial charge in [0.25, 0.3) is 0 Å². The van der Waals surface area contributed by atoms with Crippen molar-refractivity contribution < 1.29 is 9.53 Å². The van der Waals surface area contributed by atoms with Gasteiger partial charge in [-0.05, 0) is 42.2 Å². The molecule has 0 aliphatic rings. The van der Waals surface area contributed by atoms with Gasteiger partial charge in [0.1, 0.15) is 11.8 Å². The Kier molecular flexibility index (Phi) is 5.81. The molecule has 0 saturated heterocycles. The average molecular weight is 383 g/mol. The fourth-order valence-electron chi connectivity index (χ4n) is 3.55. The molecule has 0 aliphatic heterocycles. The number of nitrogens with zero attached hydrogens (tertiary/aromatic N) is 3. The van der Waals surface area contributed by atoms with Crippen molar-refractivity contribution in [1.29, 1.82) is 10.5 Å². The van der Waals surface area contributed by atoms with Gasteiger partial charge < -0.3 is 9.30 Å². The summed E-state index contributed by atoms with van der Waals surface area (Å²) in [5.41, 5.74) is 5.69. The van der Waals surface area contributed by atoms with Crippen molar-refractivity contribution in [3.63, 3.8) is 0 Å². The highest BCUT2D eigenvalue weighted by Gasteiger charge is 2.26. The highest BCUT2D eigenvalue weighted by Crippen LogP contribution is 2.34. The lowest BCUT2D eigenvalue weighted by molar-refractivity contribution is 0.0516. The molecule has 3 rings (SSSR count). The average Bonchev–Trinajstić information content (AvgIpc) is 3.05. The molecule has 3 aromatic rings. The number of nitriles is 2. The monoisotopic (exact) mass is 383 g/mol. The fraction of sp³-hybridized carbons (Fsp3) is 0.208. The van der Waals surface area contributed by atoms with Crippen LogP contribution in [0.15, 0.2) is 48.5 Å². The fourth-order valence-corrected chi connectivity index (χ4v) is 3.55. The Bertz CT molecular complexity index is 1130. The predicted octanol–water partition coefficient (Wildman–Crippen LogP) is 4.84. The molecule has 5 heteroatoms. The molecule has 144 valence electrons. The maximum atomic E-state index is 12.6. The molecule has 1 aromatic heterocycles. The molecule has 0 N–H and O–H groups in total. The summed E-state index contributed by atoms with van der Waals surface area (Å²) < 4.78 is 7.01. The lowest BCUT2D eigenvalue weighted by Gasteiger charge is -2.09. The molecule has 0 atom stereocenters. The second-order valence-corrected chi connectivity index (χ2v) is 6.56. The number of benzene rings is 2. The highest BCUT2D eigenvalue weighted by molar-refractivity contribution is 5.98. The number of hydrogen-bond acceptors (Lipinski definition) is 4. The van der Waals surface area contributed by atoms with Gasteiger partial charge >= 0.3 is 5.97 Å². The van der Waals surface area contributed by atoms with E-state index in [1.165, 1.54) is 0 Å². The van der Waals surface area contributed by atoms with Crippen LogP contribution in [-0.2, 0) is 18.2 Å². The standard InChI is InChI=1S/C24H21N3O2/c1-4-21-20(15-26)22(23(27(21)3)24(28)29-5-2)19-12-10-18(11-13-19)17-8-6-16(14-25)7-9-17/h6-13H,4-5H2,1-3H3. The lowest BCUT2D eigenvalue weighted by Crippen LogP contribution is -2.12. The Morgan fingerprint density at radius 1 is 0.931 bits per heavy atom. The van der Waals surface area contributed by atoms with Crippen molar-refractivity contribution in [2.45, 2.75) is 20.3 Å². The van der Waals surface area contributed by atoms with Gasteiger partial charge in [0, 0.05) is 18.3 Å². The van der Waals surface area contributed by atoms with E-state index < -0.39 is 5.97 Å². The lowest BCUT2D eigenvalue weighted by atomic mass is 9.97. The van der Waals surface area contributed by atoms with Gasteiger partial charge in [-0.2, -0.15) is 10.5 Å². The van der Waals surface area contributed by atoms with E-state index in [-0.39, 0.29) is 6.61 Å². The van der Waals surface area contributed by atoms with E-state index in [9.17, 15) is 10.1 Å². The van der Waals surface area contributed by atoms with Crippen LogP contribution < -0.4 is 0 Å². The summed E-state index contributed by atoms with van der Waals surface area (Å²) in [5.74, 6) is -0.433. The quantitative estimate of drug-likeness (QED) is 0.591. The summed E-state index contributed by atoms with van der Waals surface area (Å²) >= 11 is 0. The number of rotatable bonds is 5. The molecule has 0 saturated carbocycles. The van der Waals surface area contributed by atoms with Gasteiger partial charge in [-0.15, -0.1) is 0 Å². The van der Waals surface area contributed by atoms with Crippen molar-refractivity contribution in [3.05, 3.63) is 71.0 Å². The number of carbonyl (C=O) groups excluding carboxylic acids is 1. The molecular formula is C24H21N3O2. The molecule has 0 fully saturated rings. The van der Waals surface area contributed by atoms with Crippen LogP contribution in [0.4, 0.5) is 0 Å². The zero-order valence-electron chi connectivity index (χ0n) is 16.7. The van der Waals surface area contributed by atoms with Gasteiger partial charge in [-0.1, -0.05) is 43.3 Å². The topological polar surface area (TPSA) is 78.8 Å². The summed E-state index contributed by atoms with van der Waals surface area (Å²) in [6.07, 6.45) is 0.634. The van der Waals surface area contributed by atoms with Crippen LogP contribution >= 0.6 is 0 Å². The van der Waals surface area contributed by atoms with Gasteiger partial charge in [0.15, 0.2) is 0 Å². The Hall–Kier alpha value is -3.83. The van der Waals surface area contributed by atoms with Crippen LogP contribution in [0.2, 0.25) is 0 Å². The van der Waals surface area contributed by atoms with Crippen LogP contribution in [-0.4, -0.2) is 17.1 Å². The Labute approximate surface area is 170 Å². The predicted molar refractivity (Wildman–Crippen MR) is 111 cm³/mol. The molecule has 29 heavy (non-hydrogen) atoms. The minimum absolute atomic E-state index is 0.268. The number of esters is 1. The van der Waals surface area contributed by atoms with E-state index in [4.69, 9.17) is 10.00 Å². The third-order valence-corrected chi connectivity index (χ3v) is 4.95. The molecule has 0 aliphatic carbocycles. The van der Waals surface area contributed by atoms with E-state index in [0.29, 0.717) is 28.8 Å². The third-order valence-electron chi connectivity index (χ3n) is 4.95. The van der Waals surface area contributed by atoms with Crippen LogP contribution in [0.1, 0.15) is 41.2 Å². The normalized spacial score (nSPS) is 10.2.